The molecule has 0 aliphatic heterocycles. The Labute approximate surface area is 121 Å². The zero-order valence-corrected chi connectivity index (χ0v) is 11.8. The Bertz CT molecular complexity index is 835. The van der Waals surface area contributed by atoms with E-state index in [9.17, 15) is 4.79 Å². The lowest BCUT2D eigenvalue weighted by Crippen LogP contribution is -1.99. The molecule has 0 aliphatic carbocycles. The molecule has 3 rings (SSSR count). The molecule has 1 aromatic heterocycles. The van der Waals surface area contributed by atoms with Gasteiger partial charge in [0.2, 0.25) is 0 Å². The third-order valence-corrected chi connectivity index (χ3v) is 3.34. The second kappa shape index (κ2) is 5.32. The first-order chi connectivity index (χ1) is 10.2. The molecule has 3 aromatic rings. The van der Waals surface area contributed by atoms with Crippen molar-refractivity contribution < 1.29 is 13.9 Å². The average Bonchev–Trinajstić information content (AvgIpc) is 2.53. The summed E-state index contributed by atoms with van der Waals surface area (Å²) in [6, 6.07) is 14.5. The third-order valence-electron chi connectivity index (χ3n) is 3.34. The number of hydrogen-bond donors (Lipinski definition) is 0. The summed E-state index contributed by atoms with van der Waals surface area (Å²) in [6.07, 6.45) is 0. The molecule has 2 aromatic carbocycles. The van der Waals surface area contributed by atoms with E-state index in [0.29, 0.717) is 17.1 Å². The van der Waals surface area contributed by atoms with E-state index in [4.69, 9.17) is 13.9 Å². The van der Waals surface area contributed by atoms with Crippen molar-refractivity contribution in [2.24, 2.45) is 0 Å². The molecule has 4 heteroatoms. The summed E-state index contributed by atoms with van der Waals surface area (Å²) in [5.41, 5.74) is 1.71. The van der Waals surface area contributed by atoms with Crippen molar-refractivity contribution in [3.63, 3.8) is 0 Å². The van der Waals surface area contributed by atoms with E-state index in [1.807, 2.05) is 30.3 Å². The van der Waals surface area contributed by atoms with Crippen LogP contribution in [0.3, 0.4) is 0 Å². The largest absolute Gasteiger partial charge is 0.496 e. The second-order valence-electron chi connectivity index (χ2n) is 4.52. The summed E-state index contributed by atoms with van der Waals surface area (Å²) in [5, 5.41) is 0.733. The number of rotatable bonds is 3. The van der Waals surface area contributed by atoms with Gasteiger partial charge in [-0.15, -0.1) is 0 Å². The van der Waals surface area contributed by atoms with Gasteiger partial charge < -0.3 is 13.9 Å². The number of hydrogen-bond acceptors (Lipinski definition) is 4. The van der Waals surface area contributed by atoms with Gasteiger partial charge in [0, 0.05) is 12.1 Å². The fraction of sp³-hybridized carbons (Fsp3) is 0.118. The fourth-order valence-electron chi connectivity index (χ4n) is 2.39. The maximum Gasteiger partial charge on any atom is 0.336 e. The molecule has 0 amide bonds. The van der Waals surface area contributed by atoms with Crippen LogP contribution in [0.15, 0.2) is 57.7 Å². The highest BCUT2D eigenvalue weighted by atomic mass is 16.5. The van der Waals surface area contributed by atoms with Gasteiger partial charge in [-0.1, -0.05) is 30.3 Å². The van der Waals surface area contributed by atoms with Gasteiger partial charge in [0.25, 0.3) is 0 Å². The van der Waals surface area contributed by atoms with Gasteiger partial charge in [-0.05, 0) is 11.6 Å². The zero-order valence-electron chi connectivity index (χ0n) is 11.8. The van der Waals surface area contributed by atoms with E-state index in [1.165, 1.54) is 6.07 Å². The van der Waals surface area contributed by atoms with E-state index in [1.54, 1.807) is 26.4 Å². The average molecular weight is 282 g/mol. The quantitative estimate of drug-likeness (QED) is 0.690. The van der Waals surface area contributed by atoms with Crippen molar-refractivity contribution in [1.29, 1.82) is 0 Å². The molecule has 21 heavy (non-hydrogen) atoms. The van der Waals surface area contributed by atoms with Crippen LogP contribution < -0.4 is 15.1 Å². The summed E-state index contributed by atoms with van der Waals surface area (Å²) >= 11 is 0. The van der Waals surface area contributed by atoms with E-state index in [2.05, 4.69) is 0 Å². The van der Waals surface area contributed by atoms with Crippen molar-refractivity contribution in [1.82, 2.24) is 0 Å². The van der Waals surface area contributed by atoms with Gasteiger partial charge in [-0.25, -0.2) is 4.79 Å². The van der Waals surface area contributed by atoms with Crippen LogP contribution in [-0.2, 0) is 0 Å². The summed E-state index contributed by atoms with van der Waals surface area (Å²) in [4.78, 5) is 11.6. The molecule has 0 spiro atoms. The van der Waals surface area contributed by atoms with Crippen LogP contribution in [0.4, 0.5) is 0 Å². The second-order valence-corrected chi connectivity index (χ2v) is 4.52. The first-order valence-corrected chi connectivity index (χ1v) is 6.49. The van der Waals surface area contributed by atoms with Crippen LogP contribution in [0, 0.1) is 0 Å². The van der Waals surface area contributed by atoms with Crippen LogP contribution >= 0.6 is 0 Å². The lowest BCUT2D eigenvalue weighted by Gasteiger charge is -2.14. The van der Waals surface area contributed by atoms with Gasteiger partial charge >= 0.3 is 5.63 Å². The first-order valence-electron chi connectivity index (χ1n) is 6.49. The molecule has 0 saturated carbocycles. The molecule has 0 saturated heterocycles. The van der Waals surface area contributed by atoms with Crippen LogP contribution in [0.1, 0.15) is 0 Å². The van der Waals surface area contributed by atoms with Crippen molar-refractivity contribution in [3.05, 3.63) is 59.0 Å². The molecule has 0 N–H and O–H groups in total. The number of methoxy groups -OCH3 is 2. The predicted octanol–water partition coefficient (Wildman–Crippen LogP) is 3.48. The third kappa shape index (κ3) is 2.25. The van der Waals surface area contributed by atoms with Gasteiger partial charge in [0.15, 0.2) is 5.58 Å². The van der Waals surface area contributed by atoms with Gasteiger partial charge in [-0.2, -0.15) is 0 Å². The van der Waals surface area contributed by atoms with Crippen molar-refractivity contribution >= 4 is 11.0 Å². The highest BCUT2D eigenvalue weighted by Crippen LogP contribution is 2.41. The predicted molar refractivity (Wildman–Crippen MR) is 81.0 cm³/mol. The Balaban J connectivity index is 2.46. The molecule has 0 aliphatic rings. The van der Waals surface area contributed by atoms with E-state index in [-0.39, 0.29) is 0 Å². The first kappa shape index (κ1) is 13.2. The highest BCUT2D eigenvalue weighted by Gasteiger charge is 2.17. The Hall–Kier alpha value is -2.75. The van der Waals surface area contributed by atoms with Crippen LogP contribution in [0.5, 0.6) is 11.5 Å². The standard InChI is InChI=1S/C17H14O4/c1-19-13-10-14(20-2)16(11-6-4-3-5-7-11)17-12(13)8-9-15(18)21-17/h3-10H,1-2H3. The van der Waals surface area contributed by atoms with Gasteiger partial charge in [0.05, 0.1) is 25.2 Å². The van der Waals surface area contributed by atoms with Crippen molar-refractivity contribution in [3.8, 4) is 22.6 Å². The Morgan fingerprint density at radius 1 is 0.905 bits per heavy atom. The molecule has 0 unspecified atom stereocenters. The fourth-order valence-corrected chi connectivity index (χ4v) is 2.39. The Morgan fingerprint density at radius 2 is 1.62 bits per heavy atom. The van der Waals surface area contributed by atoms with E-state index >= 15 is 0 Å². The lowest BCUT2D eigenvalue weighted by atomic mass is 10.0. The summed E-state index contributed by atoms with van der Waals surface area (Å²) in [7, 11) is 3.15. The monoisotopic (exact) mass is 282 g/mol. The minimum atomic E-state index is -0.407. The lowest BCUT2D eigenvalue weighted by molar-refractivity contribution is 0.397. The Morgan fingerprint density at radius 3 is 2.29 bits per heavy atom. The smallest absolute Gasteiger partial charge is 0.336 e. The van der Waals surface area contributed by atoms with E-state index < -0.39 is 5.63 Å². The summed E-state index contributed by atoms with van der Waals surface area (Å²) < 4.78 is 16.2. The molecule has 1 heterocycles. The van der Waals surface area contributed by atoms with Crippen LogP contribution in [0.2, 0.25) is 0 Å². The SMILES string of the molecule is COc1cc(OC)c2ccc(=O)oc2c1-c1ccccc1. The number of fused-ring (bicyclic) bond motifs is 1. The normalized spacial score (nSPS) is 10.6. The molecular formula is C17H14O4. The van der Waals surface area contributed by atoms with Crippen LogP contribution in [-0.4, -0.2) is 14.2 Å². The number of benzene rings is 2. The van der Waals surface area contributed by atoms with Gasteiger partial charge in [0.1, 0.15) is 11.5 Å². The number of ether oxygens (including phenoxy) is 2. The molecule has 0 bridgehead atoms. The molecule has 106 valence electrons. The maximum atomic E-state index is 11.6. The topological polar surface area (TPSA) is 48.7 Å². The van der Waals surface area contributed by atoms with Crippen LogP contribution in [0.25, 0.3) is 22.1 Å². The Kier molecular flexibility index (Phi) is 3.36. The highest BCUT2D eigenvalue weighted by molar-refractivity contribution is 5.99. The van der Waals surface area contributed by atoms with Crippen molar-refractivity contribution in [2.75, 3.05) is 14.2 Å². The van der Waals surface area contributed by atoms with E-state index in [0.717, 1.165) is 16.5 Å². The van der Waals surface area contributed by atoms with Crippen molar-refractivity contribution in [2.45, 2.75) is 0 Å². The molecular weight excluding hydrogens is 268 g/mol. The summed E-state index contributed by atoms with van der Waals surface area (Å²) in [6.45, 7) is 0. The maximum absolute atomic E-state index is 11.6. The molecule has 0 atom stereocenters. The minimum absolute atomic E-state index is 0.407. The minimum Gasteiger partial charge on any atom is -0.496 e. The van der Waals surface area contributed by atoms with Gasteiger partial charge in [-0.3, -0.25) is 0 Å². The molecule has 0 radical (unpaired) electrons. The zero-order chi connectivity index (χ0) is 14.8. The molecule has 4 nitrogen and oxygen atoms in total. The summed E-state index contributed by atoms with van der Waals surface area (Å²) in [5.74, 6) is 1.20. The molecule has 0 fully saturated rings.